The Morgan fingerprint density at radius 1 is 1.12 bits per heavy atom. The third kappa shape index (κ3) is 3.61. The van der Waals surface area contributed by atoms with Crippen molar-refractivity contribution >= 4 is 5.91 Å². The molecule has 4 rings (SSSR count). The number of H-pyrrole nitrogens is 1. The summed E-state index contributed by atoms with van der Waals surface area (Å²) in [6.07, 6.45) is 12.2. The minimum atomic E-state index is 0.171. The van der Waals surface area contributed by atoms with Gasteiger partial charge in [0.1, 0.15) is 0 Å². The Morgan fingerprint density at radius 3 is 2.52 bits per heavy atom. The highest BCUT2D eigenvalue weighted by Crippen LogP contribution is 2.41. The molecule has 1 amide bonds. The zero-order valence-electron chi connectivity index (χ0n) is 14.7. The Bertz CT molecular complexity index is 680. The van der Waals surface area contributed by atoms with E-state index in [2.05, 4.69) is 20.9 Å². The van der Waals surface area contributed by atoms with Gasteiger partial charge in [-0.1, -0.05) is 6.07 Å². The lowest BCUT2D eigenvalue weighted by Gasteiger charge is -2.47. The molecule has 0 atom stereocenters. The van der Waals surface area contributed by atoms with Crippen LogP contribution < -0.4 is 0 Å². The van der Waals surface area contributed by atoms with Crippen LogP contribution in [-0.4, -0.2) is 51.9 Å². The minimum absolute atomic E-state index is 0.171. The quantitative estimate of drug-likeness (QED) is 0.936. The van der Waals surface area contributed by atoms with Crippen LogP contribution >= 0.6 is 0 Å². The van der Waals surface area contributed by atoms with Crippen LogP contribution in [0.2, 0.25) is 0 Å². The molecule has 0 bridgehead atoms. The lowest BCUT2D eigenvalue weighted by atomic mass is 9.71. The molecular weight excluding hydrogens is 312 g/mol. The van der Waals surface area contributed by atoms with Gasteiger partial charge in [0.05, 0.1) is 5.56 Å². The van der Waals surface area contributed by atoms with Gasteiger partial charge in [0.15, 0.2) is 0 Å². The highest BCUT2D eigenvalue weighted by atomic mass is 16.2. The highest BCUT2D eigenvalue weighted by molar-refractivity contribution is 5.94. The lowest BCUT2D eigenvalue weighted by molar-refractivity contribution is 0.0285. The van der Waals surface area contributed by atoms with Crippen LogP contribution in [0, 0.1) is 5.41 Å². The van der Waals surface area contributed by atoms with Crippen molar-refractivity contribution in [2.45, 2.75) is 32.2 Å². The SMILES string of the molecule is O=C(c1cc[nH]c1)N1CCC2(CCN(Cc3cccnc3)CC2)CC1. The number of nitrogens with one attached hydrogen (secondary N) is 1. The Kier molecular flexibility index (Phi) is 4.57. The van der Waals surface area contributed by atoms with Crippen molar-refractivity contribution in [3.63, 3.8) is 0 Å². The molecule has 5 heteroatoms. The molecule has 2 aromatic heterocycles. The number of nitrogens with zero attached hydrogens (tertiary/aromatic N) is 3. The van der Waals surface area contributed by atoms with Crippen LogP contribution in [0.15, 0.2) is 43.0 Å². The van der Waals surface area contributed by atoms with E-state index in [1.807, 2.05) is 35.6 Å². The summed E-state index contributed by atoms with van der Waals surface area (Å²) >= 11 is 0. The molecule has 25 heavy (non-hydrogen) atoms. The summed E-state index contributed by atoms with van der Waals surface area (Å²) in [5.74, 6) is 0.171. The third-order valence-corrected chi connectivity index (χ3v) is 6.00. The van der Waals surface area contributed by atoms with Gasteiger partial charge >= 0.3 is 0 Å². The summed E-state index contributed by atoms with van der Waals surface area (Å²) in [6, 6.07) is 6.03. The van der Waals surface area contributed by atoms with Crippen molar-refractivity contribution < 1.29 is 4.79 Å². The van der Waals surface area contributed by atoms with E-state index in [-0.39, 0.29) is 5.91 Å². The molecule has 0 radical (unpaired) electrons. The Labute approximate surface area is 149 Å². The predicted octanol–water partition coefficient (Wildman–Crippen LogP) is 2.93. The normalized spacial score (nSPS) is 20.7. The zero-order chi connectivity index (χ0) is 17.1. The van der Waals surface area contributed by atoms with Gasteiger partial charge in [-0.15, -0.1) is 0 Å². The molecule has 2 aliphatic rings. The maximum atomic E-state index is 12.5. The first kappa shape index (κ1) is 16.3. The molecule has 5 nitrogen and oxygen atoms in total. The van der Waals surface area contributed by atoms with Gasteiger partial charge in [-0.2, -0.15) is 0 Å². The van der Waals surface area contributed by atoms with E-state index >= 15 is 0 Å². The molecule has 2 aromatic rings. The maximum absolute atomic E-state index is 12.5. The number of amides is 1. The summed E-state index contributed by atoms with van der Waals surface area (Å²) < 4.78 is 0. The first-order valence-corrected chi connectivity index (χ1v) is 9.28. The molecule has 0 saturated carbocycles. The molecule has 1 spiro atoms. The van der Waals surface area contributed by atoms with E-state index in [4.69, 9.17) is 0 Å². The van der Waals surface area contributed by atoms with E-state index in [1.165, 1.54) is 18.4 Å². The number of piperidine rings is 2. The number of hydrogen-bond donors (Lipinski definition) is 1. The summed E-state index contributed by atoms with van der Waals surface area (Å²) in [4.78, 5) is 24.2. The maximum Gasteiger partial charge on any atom is 0.255 e. The predicted molar refractivity (Wildman–Crippen MR) is 97.1 cm³/mol. The van der Waals surface area contributed by atoms with Crippen LogP contribution in [0.4, 0.5) is 0 Å². The fourth-order valence-corrected chi connectivity index (χ4v) is 4.26. The van der Waals surface area contributed by atoms with E-state index < -0.39 is 0 Å². The van der Waals surface area contributed by atoms with E-state index in [9.17, 15) is 4.79 Å². The van der Waals surface area contributed by atoms with Crippen LogP contribution in [-0.2, 0) is 6.54 Å². The largest absolute Gasteiger partial charge is 0.367 e. The summed E-state index contributed by atoms with van der Waals surface area (Å²) in [6.45, 7) is 5.10. The van der Waals surface area contributed by atoms with Gasteiger partial charge in [0.2, 0.25) is 0 Å². The fourth-order valence-electron chi connectivity index (χ4n) is 4.26. The second kappa shape index (κ2) is 7.00. The number of pyridine rings is 1. The third-order valence-electron chi connectivity index (χ3n) is 6.00. The standard InChI is InChI=1S/C20H26N4O/c25-19(18-3-9-22-15-18)24-12-6-20(7-13-24)4-10-23(11-5-20)16-17-2-1-8-21-14-17/h1-3,8-9,14-15,22H,4-7,10-13,16H2. The zero-order valence-corrected chi connectivity index (χ0v) is 14.7. The molecule has 132 valence electrons. The van der Waals surface area contributed by atoms with Crippen molar-refractivity contribution in [3.05, 3.63) is 54.1 Å². The topological polar surface area (TPSA) is 52.2 Å². The molecule has 2 saturated heterocycles. The Morgan fingerprint density at radius 2 is 1.88 bits per heavy atom. The average molecular weight is 338 g/mol. The van der Waals surface area contributed by atoms with Gasteiger partial charge in [-0.05, 0) is 61.9 Å². The smallest absolute Gasteiger partial charge is 0.255 e. The van der Waals surface area contributed by atoms with Gasteiger partial charge in [0, 0.05) is 44.4 Å². The number of rotatable bonds is 3. The molecule has 2 aliphatic heterocycles. The van der Waals surface area contributed by atoms with Crippen molar-refractivity contribution in [2.75, 3.05) is 26.2 Å². The molecule has 1 N–H and O–H groups in total. The number of carbonyl (C=O) groups excluding carboxylic acids is 1. The summed E-state index contributed by atoms with van der Waals surface area (Å²) in [5, 5.41) is 0. The van der Waals surface area contributed by atoms with Crippen LogP contribution in [0.1, 0.15) is 41.6 Å². The number of hydrogen-bond acceptors (Lipinski definition) is 3. The Balaban J connectivity index is 1.29. The van der Waals surface area contributed by atoms with E-state index in [1.54, 1.807) is 6.20 Å². The average Bonchev–Trinajstić information content (AvgIpc) is 3.20. The van der Waals surface area contributed by atoms with Crippen LogP contribution in [0.5, 0.6) is 0 Å². The molecule has 0 aliphatic carbocycles. The number of carbonyl (C=O) groups is 1. The van der Waals surface area contributed by atoms with Crippen molar-refractivity contribution in [3.8, 4) is 0 Å². The van der Waals surface area contributed by atoms with Crippen molar-refractivity contribution in [1.29, 1.82) is 0 Å². The molecule has 2 fully saturated rings. The second-order valence-electron chi connectivity index (χ2n) is 7.53. The molecule has 0 aromatic carbocycles. The van der Waals surface area contributed by atoms with Gasteiger partial charge < -0.3 is 9.88 Å². The fraction of sp³-hybridized carbons (Fsp3) is 0.500. The van der Waals surface area contributed by atoms with Gasteiger partial charge in [-0.25, -0.2) is 0 Å². The number of aromatic nitrogens is 2. The van der Waals surface area contributed by atoms with Crippen molar-refractivity contribution in [2.24, 2.45) is 5.41 Å². The molecular formula is C20H26N4O. The van der Waals surface area contributed by atoms with E-state index in [0.717, 1.165) is 51.1 Å². The summed E-state index contributed by atoms with van der Waals surface area (Å²) in [5.41, 5.74) is 2.52. The first-order chi connectivity index (χ1) is 12.2. The monoisotopic (exact) mass is 338 g/mol. The molecule has 4 heterocycles. The highest BCUT2D eigenvalue weighted by Gasteiger charge is 2.38. The minimum Gasteiger partial charge on any atom is -0.367 e. The van der Waals surface area contributed by atoms with Crippen molar-refractivity contribution in [1.82, 2.24) is 19.8 Å². The van der Waals surface area contributed by atoms with E-state index in [0.29, 0.717) is 5.41 Å². The first-order valence-electron chi connectivity index (χ1n) is 9.28. The molecule has 0 unspecified atom stereocenters. The summed E-state index contributed by atoms with van der Waals surface area (Å²) in [7, 11) is 0. The van der Waals surface area contributed by atoms with Crippen LogP contribution in [0.25, 0.3) is 0 Å². The number of aromatic amines is 1. The number of likely N-dealkylation sites (tertiary alicyclic amines) is 2. The van der Waals surface area contributed by atoms with Gasteiger partial charge in [0.25, 0.3) is 5.91 Å². The lowest BCUT2D eigenvalue weighted by Crippen LogP contribution is -2.48. The second-order valence-corrected chi connectivity index (χ2v) is 7.53. The van der Waals surface area contributed by atoms with Gasteiger partial charge in [-0.3, -0.25) is 14.7 Å². The Hall–Kier alpha value is -2.14. The van der Waals surface area contributed by atoms with Crippen LogP contribution in [0.3, 0.4) is 0 Å².